The van der Waals surface area contributed by atoms with E-state index in [4.69, 9.17) is 0 Å². The maximum Gasteiger partial charge on any atom is 0.123 e. The maximum atomic E-state index is 13.4. The van der Waals surface area contributed by atoms with E-state index in [1.165, 1.54) is 6.07 Å². The Balaban J connectivity index is 2.85. The van der Waals surface area contributed by atoms with Crippen LogP contribution in [0, 0.1) is 17.2 Å². The third-order valence-electron chi connectivity index (χ3n) is 3.47. The lowest BCUT2D eigenvalue weighted by molar-refractivity contribution is 0.226. The molecule has 1 aromatic rings. The monoisotopic (exact) mass is 329 g/mol. The first kappa shape index (κ1) is 16.6. The van der Waals surface area contributed by atoms with Crippen LogP contribution >= 0.6 is 15.9 Å². The summed E-state index contributed by atoms with van der Waals surface area (Å²) in [5, 5.41) is 3.50. The average Bonchev–Trinajstić information content (AvgIpc) is 2.26. The van der Waals surface area contributed by atoms with Crippen molar-refractivity contribution < 1.29 is 4.39 Å². The number of rotatable bonds is 5. The van der Waals surface area contributed by atoms with Crippen molar-refractivity contribution in [2.24, 2.45) is 11.3 Å². The van der Waals surface area contributed by atoms with E-state index in [1.54, 1.807) is 12.1 Å². The highest BCUT2D eigenvalue weighted by Gasteiger charge is 2.25. The minimum Gasteiger partial charge on any atom is -0.314 e. The zero-order valence-corrected chi connectivity index (χ0v) is 14.1. The smallest absolute Gasteiger partial charge is 0.123 e. The van der Waals surface area contributed by atoms with Crippen molar-refractivity contribution in [2.75, 3.05) is 6.54 Å². The van der Waals surface area contributed by atoms with Gasteiger partial charge >= 0.3 is 0 Å². The minimum absolute atomic E-state index is 0.164. The van der Waals surface area contributed by atoms with Gasteiger partial charge in [0, 0.05) is 10.5 Å². The van der Waals surface area contributed by atoms with E-state index >= 15 is 0 Å². The van der Waals surface area contributed by atoms with E-state index in [1.807, 2.05) is 0 Å². The first-order chi connectivity index (χ1) is 8.70. The fourth-order valence-electron chi connectivity index (χ4n) is 2.03. The van der Waals surface area contributed by atoms with Gasteiger partial charge in [0.15, 0.2) is 0 Å². The molecule has 1 unspecified atom stereocenters. The van der Waals surface area contributed by atoms with Crippen LogP contribution in [0.2, 0.25) is 0 Å². The van der Waals surface area contributed by atoms with E-state index in [-0.39, 0.29) is 11.2 Å². The van der Waals surface area contributed by atoms with Crippen LogP contribution in [-0.2, 0) is 6.42 Å². The Hall–Kier alpha value is -0.410. The van der Waals surface area contributed by atoms with Crippen LogP contribution < -0.4 is 5.32 Å². The fraction of sp³-hybridized carbons (Fsp3) is 0.625. The van der Waals surface area contributed by atoms with Gasteiger partial charge in [-0.15, -0.1) is 0 Å². The van der Waals surface area contributed by atoms with Gasteiger partial charge in [-0.25, -0.2) is 4.39 Å². The molecule has 0 bridgehead atoms. The standard InChI is InChI=1S/C16H25BrFN/c1-11(2)19-10-13(16(3,4)5)8-12-9-14(18)6-7-15(12)17/h6-7,9,11,13,19H,8,10H2,1-5H3. The SMILES string of the molecule is CC(C)NCC(Cc1cc(F)ccc1Br)C(C)(C)C. The normalized spacial score (nSPS) is 13.9. The third-order valence-corrected chi connectivity index (χ3v) is 4.24. The summed E-state index contributed by atoms with van der Waals surface area (Å²) in [6, 6.07) is 5.39. The molecule has 1 aromatic carbocycles. The summed E-state index contributed by atoms with van der Waals surface area (Å²) in [7, 11) is 0. The molecule has 0 aliphatic heterocycles. The Morgan fingerprint density at radius 2 is 1.89 bits per heavy atom. The Morgan fingerprint density at radius 3 is 2.42 bits per heavy atom. The van der Waals surface area contributed by atoms with Crippen LogP contribution in [0.3, 0.4) is 0 Å². The molecule has 108 valence electrons. The van der Waals surface area contributed by atoms with E-state index in [0.717, 1.165) is 23.0 Å². The van der Waals surface area contributed by atoms with Gasteiger partial charge in [0.05, 0.1) is 0 Å². The van der Waals surface area contributed by atoms with Crippen molar-refractivity contribution in [1.82, 2.24) is 5.32 Å². The lowest BCUT2D eigenvalue weighted by Crippen LogP contribution is -2.36. The molecule has 0 spiro atoms. The van der Waals surface area contributed by atoms with Gasteiger partial charge < -0.3 is 5.32 Å². The van der Waals surface area contributed by atoms with Gasteiger partial charge in [0.25, 0.3) is 0 Å². The molecule has 3 heteroatoms. The number of benzene rings is 1. The number of hydrogen-bond acceptors (Lipinski definition) is 1. The number of nitrogens with one attached hydrogen (secondary N) is 1. The summed E-state index contributed by atoms with van der Waals surface area (Å²) in [6.07, 6.45) is 0.877. The second kappa shape index (κ2) is 6.85. The molecular weight excluding hydrogens is 305 g/mol. The molecule has 0 radical (unpaired) electrons. The zero-order valence-electron chi connectivity index (χ0n) is 12.6. The molecule has 0 saturated carbocycles. The summed E-state index contributed by atoms with van der Waals surface area (Å²) in [4.78, 5) is 0. The van der Waals surface area contributed by atoms with Crippen molar-refractivity contribution in [1.29, 1.82) is 0 Å². The summed E-state index contributed by atoms with van der Waals surface area (Å²) in [6.45, 7) is 12.0. The second-order valence-corrected chi connectivity index (χ2v) is 7.42. The molecule has 1 atom stereocenters. The lowest BCUT2D eigenvalue weighted by atomic mass is 9.77. The first-order valence-corrected chi connectivity index (χ1v) is 7.66. The quantitative estimate of drug-likeness (QED) is 0.818. The lowest BCUT2D eigenvalue weighted by Gasteiger charge is -2.32. The molecule has 1 rings (SSSR count). The molecule has 0 fully saturated rings. The van der Waals surface area contributed by atoms with Crippen molar-refractivity contribution in [3.05, 3.63) is 34.1 Å². The topological polar surface area (TPSA) is 12.0 Å². The predicted octanol–water partition coefficient (Wildman–Crippen LogP) is 4.79. The van der Waals surface area contributed by atoms with E-state index in [0.29, 0.717) is 12.0 Å². The van der Waals surface area contributed by atoms with Gasteiger partial charge in [-0.1, -0.05) is 50.5 Å². The Morgan fingerprint density at radius 1 is 1.26 bits per heavy atom. The predicted molar refractivity (Wildman–Crippen MR) is 83.9 cm³/mol. The highest BCUT2D eigenvalue weighted by molar-refractivity contribution is 9.10. The Labute approximate surface area is 125 Å². The van der Waals surface area contributed by atoms with Crippen LogP contribution in [0.4, 0.5) is 4.39 Å². The molecule has 1 N–H and O–H groups in total. The van der Waals surface area contributed by atoms with Gasteiger partial charge in [-0.2, -0.15) is 0 Å². The third kappa shape index (κ3) is 5.62. The minimum atomic E-state index is -0.164. The summed E-state index contributed by atoms with van der Waals surface area (Å²) in [5.74, 6) is 0.302. The molecule has 0 aliphatic carbocycles. The van der Waals surface area contributed by atoms with Crippen LogP contribution in [0.1, 0.15) is 40.2 Å². The molecule has 19 heavy (non-hydrogen) atoms. The summed E-state index contributed by atoms with van der Waals surface area (Å²) < 4.78 is 14.4. The van der Waals surface area contributed by atoms with E-state index in [2.05, 4.69) is 55.9 Å². The number of hydrogen-bond donors (Lipinski definition) is 1. The number of halogens is 2. The summed E-state index contributed by atoms with van der Waals surface area (Å²) in [5.41, 5.74) is 1.23. The fourth-order valence-corrected chi connectivity index (χ4v) is 2.44. The highest BCUT2D eigenvalue weighted by atomic mass is 79.9. The molecule has 0 aliphatic rings. The van der Waals surface area contributed by atoms with E-state index in [9.17, 15) is 4.39 Å². The van der Waals surface area contributed by atoms with Crippen molar-refractivity contribution in [3.63, 3.8) is 0 Å². The van der Waals surface area contributed by atoms with Crippen molar-refractivity contribution in [2.45, 2.75) is 47.1 Å². The second-order valence-electron chi connectivity index (χ2n) is 6.57. The average molecular weight is 330 g/mol. The Kier molecular flexibility index (Phi) is 6.00. The Bertz CT molecular complexity index is 410. The zero-order chi connectivity index (χ0) is 14.6. The molecular formula is C16H25BrFN. The van der Waals surface area contributed by atoms with Gasteiger partial charge in [-0.3, -0.25) is 0 Å². The molecule has 0 amide bonds. The van der Waals surface area contributed by atoms with Crippen LogP contribution in [0.5, 0.6) is 0 Å². The van der Waals surface area contributed by atoms with Gasteiger partial charge in [0.2, 0.25) is 0 Å². The highest BCUT2D eigenvalue weighted by Crippen LogP contribution is 2.31. The largest absolute Gasteiger partial charge is 0.314 e. The van der Waals surface area contributed by atoms with Crippen LogP contribution in [0.15, 0.2) is 22.7 Å². The first-order valence-electron chi connectivity index (χ1n) is 6.87. The molecule has 0 heterocycles. The van der Waals surface area contributed by atoms with Crippen molar-refractivity contribution >= 4 is 15.9 Å². The maximum absolute atomic E-state index is 13.4. The van der Waals surface area contributed by atoms with Gasteiger partial charge in [-0.05, 0) is 48.1 Å². The molecule has 1 nitrogen and oxygen atoms in total. The summed E-state index contributed by atoms with van der Waals surface area (Å²) >= 11 is 3.52. The molecule has 0 aromatic heterocycles. The molecule has 0 saturated heterocycles. The van der Waals surface area contributed by atoms with E-state index < -0.39 is 0 Å². The van der Waals surface area contributed by atoms with Crippen LogP contribution in [0.25, 0.3) is 0 Å². The van der Waals surface area contributed by atoms with Crippen LogP contribution in [-0.4, -0.2) is 12.6 Å². The van der Waals surface area contributed by atoms with Gasteiger partial charge in [0.1, 0.15) is 5.82 Å². The van der Waals surface area contributed by atoms with Crippen molar-refractivity contribution in [3.8, 4) is 0 Å².